The van der Waals surface area contributed by atoms with Crippen LogP contribution in [0.2, 0.25) is 0 Å². The molecule has 0 radical (unpaired) electrons. The summed E-state index contributed by atoms with van der Waals surface area (Å²) in [5.74, 6) is 0.506. The van der Waals surface area contributed by atoms with E-state index in [1.54, 1.807) is 48.5 Å². The highest BCUT2D eigenvalue weighted by Gasteiger charge is 2.06. The van der Waals surface area contributed by atoms with Crippen LogP contribution < -0.4 is 10.6 Å². The fraction of sp³-hybridized carbons (Fsp3) is 0.0556. The van der Waals surface area contributed by atoms with Crippen molar-refractivity contribution in [2.75, 3.05) is 10.6 Å². The molecule has 118 valence electrons. The van der Waals surface area contributed by atoms with Gasteiger partial charge < -0.3 is 10.6 Å². The molecule has 0 fully saturated rings. The normalized spacial score (nSPS) is 10.0. The number of aryl methyl sites for hydroxylation is 1. The van der Waals surface area contributed by atoms with Gasteiger partial charge in [-0.15, -0.1) is 0 Å². The molecule has 6 heteroatoms. The van der Waals surface area contributed by atoms with Gasteiger partial charge in [-0.1, -0.05) is 12.1 Å². The number of benzene rings is 2. The lowest BCUT2D eigenvalue weighted by Crippen LogP contribution is -2.03. The minimum absolute atomic E-state index is 0.302. The molecular formula is C18H14FN5. The van der Waals surface area contributed by atoms with E-state index in [2.05, 4.69) is 26.7 Å². The van der Waals surface area contributed by atoms with Crippen molar-refractivity contribution in [1.82, 2.24) is 9.97 Å². The number of rotatable bonds is 4. The second kappa shape index (κ2) is 6.75. The van der Waals surface area contributed by atoms with Crippen molar-refractivity contribution >= 4 is 23.1 Å². The van der Waals surface area contributed by atoms with Gasteiger partial charge in [-0.3, -0.25) is 0 Å². The first-order valence-corrected chi connectivity index (χ1v) is 7.28. The first-order chi connectivity index (χ1) is 11.6. The van der Waals surface area contributed by atoms with Crippen LogP contribution in [0.15, 0.2) is 54.6 Å². The lowest BCUT2D eigenvalue weighted by molar-refractivity contribution is 0.631. The number of halogens is 1. The Bertz CT molecular complexity index is 900. The molecule has 0 saturated carbocycles. The van der Waals surface area contributed by atoms with Gasteiger partial charge in [0.25, 0.3) is 0 Å². The molecule has 0 spiro atoms. The molecule has 0 atom stereocenters. The van der Waals surface area contributed by atoms with E-state index in [4.69, 9.17) is 5.26 Å². The second-order valence-electron chi connectivity index (χ2n) is 5.14. The van der Waals surface area contributed by atoms with Gasteiger partial charge in [0.15, 0.2) is 0 Å². The van der Waals surface area contributed by atoms with Crippen LogP contribution in [0.4, 0.5) is 27.5 Å². The zero-order valence-corrected chi connectivity index (χ0v) is 12.9. The summed E-state index contributed by atoms with van der Waals surface area (Å²) in [5, 5.41) is 14.8. The Balaban J connectivity index is 1.83. The van der Waals surface area contributed by atoms with Crippen molar-refractivity contribution in [2.24, 2.45) is 0 Å². The van der Waals surface area contributed by atoms with Crippen molar-refractivity contribution in [1.29, 1.82) is 5.26 Å². The lowest BCUT2D eigenvalue weighted by Gasteiger charge is -2.10. The van der Waals surface area contributed by atoms with Crippen molar-refractivity contribution in [2.45, 2.75) is 6.92 Å². The molecule has 3 aromatic rings. The van der Waals surface area contributed by atoms with Gasteiger partial charge in [0.05, 0.1) is 17.3 Å². The maximum absolute atomic E-state index is 13.7. The Morgan fingerprint density at radius 3 is 2.46 bits per heavy atom. The fourth-order valence-corrected chi connectivity index (χ4v) is 2.15. The summed E-state index contributed by atoms with van der Waals surface area (Å²) in [6.07, 6.45) is 0. The van der Waals surface area contributed by atoms with Crippen molar-refractivity contribution < 1.29 is 4.39 Å². The third-order valence-corrected chi connectivity index (χ3v) is 3.26. The van der Waals surface area contributed by atoms with Crippen LogP contribution in [-0.2, 0) is 0 Å². The molecule has 0 aliphatic carbocycles. The lowest BCUT2D eigenvalue weighted by atomic mass is 10.2. The molecular weight excluding hydrogens is 305 g/mol. The Morgan fingerprint density at radius 2 is 1.75 bits per heavy atom. The fourth-order valence-electron chi connectivity index (χ4n) is 2.15. The highest BCUT2D eigenvalue weighted by molar-refractivity contribution is 5.61. The van der Waals surface area contributed by atoms with E-state index in [1.807, 2.05) is 6.92 Å². The number of para-hydroxylation sites is 1. The van der Waals surface area contributed by atoms with Crippen LogP contribution in [0.3, 0.4) is 0 Å². The Kier molecular flexibility index (Phi) is 4.34. The van der Waals surface area contributed by atoms with E-state index in [1.165, 1.54) is 6.07 Å². The van der Waals surface area contributed by atoms with Crippen LogP contribution in [0, 0.1) is 24.1 Å². The van der Waals surface area contributed by atoms with E-state index in [0.29, 0.717) is 23.0 Å². The average molecular weight is 319 g/mol. The van der Waals surface area contributed by atoms with Crippen molar-refractivity contribution in [3.8, 4) is 6.07 Å². The monoisotopic (exact) mass is 319 g/mol. The third kappa shape index (κ3) is 3.65. The molecule has 2 N–H and O–H groups in total. The SMILES string of the molecule is Cc1cc(Nc2ccc(C#N)cc2)nc(Nc2ccccc2F)n1. The number of nitriles is 1. The molecule has 1 aromatic heterocycles. The van der Waals surface area contributed by atoms with E-state index in [-0.39, 0.29) is 5.82 Å². The van der Waals surface area contributed by atoms with Crippen LogP contribution in [0.1, 0.15) is 11.3 Å². The molecule has 24 heavy (non-hydrogen) atoms. The smallest absolute Gasteiger partial charge is 0.229 e. The summed E-state index contributed by atoms with van der Waals surface area (Å²) in [6.45, 7) is 1.83. The number of nitrogens with one attached hydrogen (secondary N) is 2. The van der Waals surface area contributed by atoms with Gasteiger partial charge in [0.2, 0.25) is 5.95 Å². The number of hydrogen-bond donors (Lipinski definition) is 2. The average Bonchev–Trinajstić information content (AvgIpc) is 2.57. The summed E-state index contributed by atoms with van der Waals surface area (Å²) >= 11 is 0. The predicted octanol–water partition coefficient (Wildman–Crippen LogP) is 4.28. The van der Waals surface area contributed by atoms with Gasteiger partial charge in [0, 0.05) is 17.4 Å². The molecule has 0 amide bonds. The van der Waals surface area contributed by atoms with E-state index in [9.17, 15) is 4.39 Å². The molecule has 0 unspecified atom stereocenters. The van der Waals surface area contributed by atoms with Crippen LogP contribution >= 0.6 is 0 Å². The summed E-state index contributed by atoms with van der Waals surface area (Å²) in [4.78, 5) is 8.61. The van der Waals surface area contributed by atoms with Crippen molar-refractivity contribution in [3.63, 3.8) is 0 Å². The van der Waals surface area contributed by atoms with Crippen LogP contribution in [0.25, 0.3) is 0 Å². The molecule has 1 heterocycles. The molecule has 0 bridgehead atoms. The maximum atomic E-state index is 13.7. The number of nitrogens with zero attached hydrogens (tertiary/aromatic N) is 3. The maximum Gasteiger partial charge on any atom is 0.229 e. The van der Waals surface area contributed by atoms with Crippen molar-refractivity contribution in [3.05, 3.63) is 71.7 Å². The van der Waals surface area contributed by atoms with Gasteiger partial charge in [0.1, 0.15) is 11.6 Å². The van der Waals surface area contributed by atoms with E-state index >= 15 is 0 Å². The first-order valence-electron chi connectivity index (χ1n) is 7.28. The molecule has 0 aliphatic rings. The summed E-state index contributed by atoms with van der Waals surface area (Å²) in [6, 6.07) is 17.2. The molecule has 3 rings (SSSR count). The highest BCUT2D eigenvalue weighted by Crippen LogP contribution is 2.21. The highest BCUT2D eigenvalue weighted by atomic mass is 19.1. The Hall–Kier alpha value is -3.46. The Labute approximate surface area is 138 Å². The van der Waals surface area contributed by atoms with Crippen LogP contribution in [0.5, 0.6) is 0 Å². The molecule has 0 aliphatic heterocycles. The van der Waals surface area contributed by atoms with Crippen LogP contribution in [-0.4, -0.2) is 9.97 Å². The standard InChI is InChI=1S/C18H14FN5/c1-12-10-17(22-14-8-6-13(11-20)7-9-14)24-18(21-12)23-16-5-3-2-4-15(16)19/h2-10H,1H3,(H2,21,22,23,24). The number of anilines is 4. The van der Waals surface area contributed by atoms with Gasteiger partial charge in [-0.25, -0.2) is 9.37 Å². The molecule has 0 saturated heterocycles. The number of aromatic nitrogens is 2. The Morgan fingerprint density at radius 1 is 1.00 bits per heavy atom. The summed E-state index contributed by atoms with van der Waals surface area (Å²) < 4.78 is 13.7. The second-order valence-corrected chi connectivity index (χ2v) is 5.14. The predicted molar refractivity (Wildman–Crippen MR) is 90.9 cm³/mol. The van der Waals surface area contributed by atoms with Gasteiger partial charge in [-0.05, 0) is 43.3 Å². The summed E-state index contributed by atoms with van der Waals surface area (Å²) in [7, 11) is 0. The zero-order valence-electron chi connectivity index (χ0n) is 12.9. The first kappa shape index (κ1) is 15.4. The summed E-state index contributed by atoms with van der Waals surface area (Å²) in [5.41, 5.74) is 2.43. The van der Waals surface area contributed by atoms with E-state index in [0.717, 1.165) is 11.4 Å². The quantitative estimate of drug-likeness (QED) is 0.750. The van der Waals surface area contributed by atoms with E-state index < -0.39 is 0 Å². The third-order valence-electron chi connectivity index (χ3n) is 3.26. The topological polar surface area (TPSA) is 73.6 Å². The minimum Gasteiger partial charge on any atom is -0.340 e. The molecule has 5 nitrogen and oxygen atoms in total. The number of hydrogen-bond acceptors (Lipinski definition) is 5. The molecule has 2 aromatic carbocycles. The van der Waals surface area contributed by atoms with Gasteiger partial charge in [-0.2, -0.15) is 10.2 Å². The minimum atomic E-state index is -0.371. The van der Waals surface area contributed by atoms with Gasteiger partial charge >= 0.3 is 0 Å². The largest absolute Gasteiger partial charge is 0.340 e. The zero-order chi connectivity index (χ0) is 16.9.